The summed E-state index contributed by atoms with van der Waals surface area (Å²) in [6.07, 6.45) is 0.505. The summed E-state index contributed by atoms with van der Waals surface area (Å²) in [5.74, 6) is 0.219. The Labute approximate surface area is 121 Å². The summed E-state index contributed by atoms with van der Waals surface area (Å²) < 4.78 is 11.3. The molecular formula is C13H22N2O4S. The maximum atomic E-state index is 12.4. The second-order valence-electron chi connectivity index (χ2n) is 5.91. The highest BCUT2D eigenvalue weighted by atomic mass is 32.2. The van der Waals surface area contributed by atoms with Gasteiger partial charge in [0.25, 0.3) is 0 Å². The minimum Gasteiger partial charge on any atom is -0.481 e. The van der Waals surface area contributed by atoms with Gasteiger partial charge in [0.1, 0.15) is 0 Å². The molecule has 2 amide bonds. The quantitative estimate of drug-likeness (QED) is 0.810. The Balaban J connectivity index is 2.03. The summed E-state index contributed by atoms with van der Waals surface area (Å²) in [6, 6.07) is -0.106. The third-order valence-electron chi connectivity index (χ3n) is 4.55. The van der Waals surface area contributed by atoms with Crippen LogP contribution in [-0.4, -0.2) is 68.8 Å². The first-order valence-corrected chi connectivity index (χ1v) is 8.48. The lowest BCUT2D eigenvalue weighted by Crippen LogP contribution is -2.49. The average molecular weight is 302 g/mol. The fraction of sp³-hybridized carbons (Fsp3) is 0.846. The van der Waals surface area contributed by atoms with Gasteiger partial charge in [-0.2, -0.15) is 0 Å². The minimum atomic E-state index is -0.825. The maximum Gasteiger partial charge on any atom is 0.320 e. The van der Waals surface area contributed by atoms with Gasteiger partial charge >= 0.3 is 12.0 Å². The molecule has 114 valence electrons. The second-order valence-corrected chi connectivity index (χ2v) is 7.60. The van der Waals surface area contributed by atoms with E-state index in [1.54, 1.807) is 9.80 Å². The summed E-state index contributed by atoms with van der Waals surface area (Å²) in [5, 5.41) is 9.49. The Bertz CT molecular complexity index is 430. The number of hydrogen-bond donors (Lipinski definition) is 1. The molecule has 1 unspecified atom stereocenters. The first kappa shape index (κ1) is 15.3. The summed E-state index contributed by atoms with van der Waals surface area (Å²) in [6.45, 7) is 5.56. The molecule has 2 saturated heterocycles. The van der Waals surface area contributed by atoms with Gasteiger partial charge in [0.15, 0.2) is 0 Å². The van der Waals surface area contributed by atoms with Crippen LogP contribution in [0.3, 0.4) is 0 Å². The molecule has 0 saturated carbocycles. The van der Waals surface area contributed by atoms with Crippen LogP contribution in [0.2, 0.25) is 0 Å². The summed E-state index contributed by atoms with van der Waals surface area (Å²) >= 11 is 0. The number of amides is 2. The van der Waals surface area contributed by atoms with Gasteiger partial charge in [-0.15, -0.1) is 0 Å². The van der Waals surface area contributed by atoms with Crippen molar-refractivity contribution in [2.75, 3.05) is 37.7 Å². The van der Waals surface area contributed by atoms with Crippen LogP contribution in [0.1, 0.15) is 20.3 Å². The Morgan fingerprint density at radius 2 is 1.75 bits per heavy atom. The molecule has 0 aromatic carbocycles. The predicted octanol–water partition coefficient (Wildman–Crippen LogP) is 0.603. The van der Waals surface area contributed by atoms with Crippen molar-refractivity contribution < 1.29 is 18.9 Å². The van der Waals surface area contributed by atoms with Crippen molar-refractivity contribution in [1.29, 1.82) is 0 Å². The van der Waals surface area contributed by atoms with Gasteiger partial charge in [0, 0.05) is 48.5 Å². The van der Waals surface area contributed by atoms with Crippen LogP contribution < -0.4 is 0 Å². The van der Waals surface area contributed by atoms with E-state index in [1.807, 2.05) is 13.8 Å². The number of likely N-dealkylation sites (tertiary alicyclic amines) is 1. The molecule has 0 radical (unpaired) electrons. The summed E-state index contributed by atoms with van der Waals surface area (Å²) in [4.78, 5) is 27.3. The molecule has 0 aliphatic carbocycles. The number of carbonyl (C=O) groups is 2. The van der Waals surface area contributed by atoms with Gasteiger partial charge in [-0.1, -0.05) is 13.8 Å². The number of carboxylic acids is 1. The van der Waals surface area contributed by atoms with E-state index in [4.69, 9.17) is 0 Å². The molecule has 2 fully saturated rings. The van der Waals surface area contributed by atoms with Crippen molar-refractivity contribution >= 4 is 22.8 Å². The van der Waals surface area contributed by atoms with Gasteiger partial charge < -0.3 is 14.9 Å². The third-order valence-corrected chi connectivity index (χ3v) is 5.83. The highest BCUT2D eigenvalue weighted by Gasteiger charge is 2.49. The number of carbonyl (C=O) groups excluding carboxylic acids is 1. The Hall–Kier alpha value is -1.11. The monoisotopic (exact) mass is 302 g/mol. The van der Waals surface area contributed by atoms with Gasteiger partial charge in [0.2, 0.25) is 0 Å². The number of urea groups is 1. The second kappa shape index (κ2) is 5.71. The molecular weight excluding hydrogens is 280 g/mol. The molecule has 2 aliphatic rings. The van der Waals surface area contributed by atoms with Gasteiger partial charge in [-0.25, -0.2) is 4.79 Å². The Morgan fingerprint density at radius 3 is 2.20 bits per heavy atom. The van der Waals surface area contributed by atoms with Crippen LogP contribution in [-0.2, 0) is 15.6 Å². The number of nitrogens with zero attached hydrogens (tertiary/aromatic N) is 2. The van der Waals surface area contributed by atoms with E-state index in [-0.39, 0.29) is 18.5 Å². The normalized spacial score (nSPS) is 28.1. The third kappa shape index (κ3) is 2.68. The first-order chi connectivity index (χ1) is 9.36. The molecule has 1 N–H and O–H groups in total. The fourth-order valence-electron chi connectivity index (χ4n) is 2.92. The number of rotatable bonds is 2. The van der Waals surface area contributed by atoms with Crippen molar-refractivity contribution in [2.24, 2.45) is 11.3 Å². The van der Waals surface area contributed by atoms with Crippen molar-refractivity contribution in [3.63, 3.8) is 0 Å². The Morgan fingerprint density at radius 1 is 1.15 bits per heavy atom. The zero-order valence-corrected chi connectivity index (χ0v) is 12.8. The van der Waals surface area contributed by atoms with Crippen LogP contribution in [0.15, 0.2) is 0 Å². The van der Waals surface area contributed by atoms with E-state index in [1.165, 1.54) is 0 Å². The highest BCUT2D eigenvalue weighted by Crippen LogP contribution is 2.38. The number of aliphatic carboxylic acids is 1. The molecule has 7 heteroatoms. The largest absolute Gasteiger partial charge is 0.481 e. The van der Waals surface area contributed by atoms with E-state index in [0.717, 1.165) is 0 Å². The number of carboxylic acid groups (broad SMARTS) is 1. The zero-order valence-electron chi connectivity index (χ0n) is 12.0. The van der Waals surface area contributed by atoms with E-state index >= 15 is 0 Å². The highest BCUT2D eigenvalue weighted by molar-refractivity contribution is 7.85. The lowest BCUT2D eigenvalue weighted by Gasteiger charge is -2.32. The lowest BCUT2D eigenvalue weighted by atomic mass is 9.76. The van der Waals surface area contributed by atoms with Gasteiger partial charge in [-0.05, 0) is 12.3 Å². The lowest BCUT2D eigenvalue weighted by molar-refractivity contribution is -0.150. The molecule has 2 aliphatic heterocycles. The topological polar surface area (TPSA) is 77.9 Å². The van der Waals surface area contributed by atoms with Crippen LogP contribution in [0.25, 0.3) is 0 Å². The molecule has 6 nitrogen and oxygen atoms in total. The smallest absolute Gasteiger partial charge is 0.320 e. The van der Waals surface area contributed by atoms with E-state index in [9.17, 15) is 18.9 Å². The van der Waals surface area contributed by atoms with Crippen molar-refractivity contribution in [2.45, 2.75) is 20.3 Å². The summed E-state index contributed by atoms with van der Waals surface area (Å²) in [5.41, 5.74) is -0.825. The minimum absolute atomic E-state index is 0.00772. The summed E-state index contributed by atoms with van der Waals surface area (Å²) in [7, 11) is -0.815. The molecule has 1 atom stereocenters. The van der Waals surface area contributed by atoms with Crippen LogP contribution in [0.4, 0.5) is 4.79 Å². The molecule has 2 rings (SSSR count). The van der Waals surface area contributed by atoms with E-state index in [2.05, 4.69) is 0 Å². The average Bonchev–Trinajstić information content (AvgIpc) is 2.85. The fourth-order valence-corrected chi connectivity index (χ4v) is 3.97. The van der Waals surface area contributed by atoms with Crippen molar-refractivity contribution in [3.8, 4) is 0 Å². The maximum absolute atomic E-state index is 12.4. The first-order valence-electron chi connectivity index (χ1n) is 6.99. The molecule has 0 aromatic heterocycles. The molecule has 0 bridgehead atoms. The van der Waals surface area contributed by atoms with Crippen molar-refractivity contribution in [1.82, 2.24) is 9.80 Å². The Kier molecular flexibility index (Phi) is 4.36. The SMILES string of the molecule is CC(C)C1(C(=O)O)CCN(C(=O)N2CCS(=O)CC2)C1. The van der Waals surface area contributed by atoms with Crippen molar-refractivity contribution in [3.05, 3.63) is 0 Å². The van der Waals surface area contributed by atoms with E-state index in [0.29, 0.717) is 37.6 Å². The molecule has 0 aromatic rings. The molecule has 20 heavy (non-hydrogen) atoms. The molecule has 2 heterocycles. The van der Waals surface area contributed by atoms with E-state index < -0.39 is 22.2 Å². The van der Waals surface area contributed by atoms with Gasteiger partial charge in [-0.3, -0.25) is 9.00 Å². The number of hydrogen-bond acceptors (Lipinski definition) is 3. The van der Waals surface area contributed by atoms with Crippen LogP contribution in [0, 0.1) is 11.3 Å². The van der Waals surface area contributed by atoms with Gasteiger partial charge in [0.05, 0.1) is 5.41 Å². The standard InChI is InChI=1S/C13H22N2O4S/c1-10(2)13(11(16)17)3-4-15(9-13)12(18)14-5-7-20(19)8-6-14/h10H,3-9H2,1-2H3,(H,16,17). The zero-order chi connectivity index (χ0) is 14.9. The van der Waals surface area contributed by atoms with Crippen LogP contribution in [0.5, 0.6) is 0 Å². The van der Waals surface area contributed by atoms with Crippen LogP contribution >= 0.6 is 0 Å². The molecule has 0 spiro atoms. The predicted molar refractivity (Wildman–Crippen MR) is 75.9 cm³/mol.